The van der Waals surface area contributed by atoms with Crippen LogP contribution in [0.4, 0.5) is 0 Å². The normalized spacial score (nSPS) is 10.8. The van der Waals surface area contributed by atoms with E-state index in [4.69, 9.17) is 4.42 Å². The number of aryl methyl sites for hydroxylation is 2. The molecule has 1 heteroatoms. The summed E-state index contributed by atoms with van der Waals surface area (Å²) in [5.41, 5.74) is 0. The van der Waals surface area contributed by atoms with Crippen molar-refractivity contribution < 1.29 is 4.42 Å². The quantitative estimate of drug-likeness (QED) is 0.562. The molecular formula is C14H24O. The third kappa shape index (κ3) is 5.06. The van der Waals surface area contributed by atoms with E-state index in [0.717, 1.165) is 12.8 Å². The van der Waals surface area contributed by atoms with Gasteiger partial charge >= 0.3 is 0 Å². The molecule has 86 valence electrons. The number of rotatable bonds is 8. The van der Waals surface area contributed by atoms with Gasteiger partial charge in [-0.1, -0.05) is 39.5 Å². The van der Waals surface area contributed by atoms with Crippen molar-refractivity contribution in [3.05, 3.63) is 23.7 Å². The summed E-state index contributed by atoms with van der Waals surface area (Å²) in [4.78, 5) is 0. The van der Waals surface area contributed by atoms with Crippen LogP contribution < -0.4 is 0 Å². The minimum absolute atomic E-state index is 1.11. The standard InChI is InChI=1S/C14H24O/c1-3-5-7-9-13-11-12-14(15-13)10-8-6-4-2/h11-12H,3-10H2,1-2H3. The first kappa shape index (κ1) is 12.4. The van der Waals surface area contributed by atoms with Crippen LogP contribution in [0, 0.1) is 0 Å². The smallest absolute Gasteiger partial charge is 0.104 e. The number of hydrogen-bond donors (Lipinski definition) is 0. The maximum atomic E-state index is 5.78. The molecule has 0 bridgehead atoms. The molecule has 0 aromatic carbocycles. The van der Waals surface area contributed by atoms with Gasteiger partial charge < -0.3 is 4.42 Å². The largest absolute Gasteiger partial charge is 0.466 e. The average Bonchev–Trinajstić information content (AvgIpc) is 2.67. The first-order valence-corrected chi connectivity index (χ1v) is 6.44. The summed E-state index contributed by atoms with van der Waals surface area (Å²) in [7, 11) is 0. The second-order valence-electron chi connectivity index (χ2n) is 4.28. The molecule has 0 aliphatic carbocycles. The Morgan fingerprint density at radius 3 is 1.67 bits per heavy atom. The summed E-state index contributed by atoms with van der Waals surface area (Å²) in [6.07, 6.45) is 9.94. The van der Waals surface area contributed by atoms with Crippen LogP contribution in [0.15, 0.2) is 16.5 Å². The van der Waals surface area contributed by atoms with E-state index in [1.807, 2.05) is 0 Å². The van der Waals surface area contributed by atoms with E-state index in [1.165, 1.54) is 50.0 Å². The van der Waals surface area contributed by atoms with Crippen LogP contribution in [0.25, 0.3) is 0 Å². The van der Waals surface area contributed by atoms with Crippen LogP contribution in [-0.2, 0) is 12.8 Å². The Morgan fingerprint density at radius 2 is 1.27 bits per heavy atom. The zero-order valence-electron chi connectivity index (χ0n) is 10.2. The highest BCUT2D eigenvalue weighted by molar-refractivity contribution is 5.07. The molecule has 1 nitrogen and oxygen atoms in total. The molecule has 0 spiro atoms. The molecular weight excluding hydrogens is 184 g/mol. The van der Waals surface area contributed by atoms with Gasteiger partial charge in [0, 0.05) is 12.8 Å². The second kappa shape index (κ2) is 7.56. The average molecular weight is 208 g/mol. The van der Waals surface area contributed by atoms with Crippen LogP contribution in [0.5, 0.6) is 0 Å². The zero-order valence-corrected chi connectivity index (χ0v) is 10.2. The molecule has 1 aromatic heterocycles. The molecule has 0 amide bonds. The molecule has 0 saturated carbocycles. The summed E-state index contributed by atoms with van der Waals surface area (Å²) >= 11 is 0. The Morgan fingerprint density at radius 1 is 0.800 bits per heavy atom. The van der Waals surface area contributed by atoms with Crippen molar-refractivity contribution in [2.24, 2.45) is 0 Å². The Labute approximate surface area is 93.9 Å². The molecule has 0 atom stereocenters. The van der Waals surface area contributed by atoms with Crippen LogP contribution in [0.2, 0.25) is 0 Å². The minimum Gasteiger partial charge on any atom is -0.466 e. The molecule has 1 aromatic rings. The van der Waals surface area contributed by atoms with E-state index in [9.17, 15) is 0 Å². The molecule has 0 unspecified atom stereocenters. The first-order chi connectivity index (χ1) is 7.36. The van der Waals surface area contributed by atoms with Gasteiger partial charge in [-0.15, -0.1) is 0 Å². The van der Waals surface area contributed by atoms with Crippen molar-refractivity contribution in [1.29, 1.82) is 0 Å². The maximum absolute atomic E-state index is 5.78. The van der Waals surface area contributed by atoms with E-state index in [1.54, 1.807) is 0 Å². The van der Waals surface area contributed by atoms with Gasteiger partial charge in [-0.25, -0.2) is 0 Å². The van der Waals surface area contributed by atoms with Crippen LogP contribution in [0.1, 0.15) is 63.9 Å². The minimum atomic E-state index is 1.11. The summed E-state index contributed by atoms with van der Waals surface area (Å²) in [6.45, 7) is 4.47. The highest BCUT2D eigenvalue weighted by atomic mass is 16.3. The van der Waals surface area contributed by atoms with Crippen molar-refractivity contribution in [2.45, 2.75) is 65.2 Å². The molecule has 0 aliphatic rings. The third-order valence-electron chi connectivity index (χ3n) is 2.77. The molecule has 1 heterocycles. The summed E-state index contributed by atoms with van der Waals surface area (Å²) in [6, 6.07) is 4.30. The lowest BCUT2D eigenvalue weighted by molar-refractivity contribution is 0.449. The van der Waals surface area contributed by atoms with Crippen LogP contribution in [-0.4, -0.2) is 0 Å². The van der Waals surface area contributed by atoms with Gasteiger partial charge in [0.05, 0.1) is 0 Å². The van der Waals surface area contributed by atoms with Gasteiger partial charge in [0.2, 0.25) is 0 Å². The molecule has 0 aliphatic heterocycles. The third-order valence-corrected chi connectivity index (χ3v) is 2.77. The van der Waals surface area contributed by atoms with Crippen molar-refractivity contribution in [1.82, 2.24) is 0 Å². The predicted molar refractivity (Wildman–Crippen MR) is 65.2 cm³/mol. The van der Waals surface area contributed by atoms with Gasteiger partial charge in [-0.2, -0.15) is 0 Å². The SMILES string of the molecule is CCCCCc1ccc(CCCCC)o1. The van der Waals surface area contributed by atoms with Crippen molar-refractivity contribution in [2.75, 3.05) is 0 Å². The van der Waals surface area contributed by atoms with Crippen molar-refractivity contribution in [3.63, 3.8) is 0 Å². The number of hydrogen-bond acceptors (Lipinski definition) is 1. The number of unbranched alkanes of at least 4 members (excludes halogenated alkanes) is 4. The fourth-order valence-corrected chi connectivity index (χ4v) is 1.79. The lowest BCUT2D eigenvalue weighted by Gasteiger charge is -1.97. The van der Waals surface area contributed by atoms with Gasteiger partial charge in [-0.05, 0) is 25.0 Å². The lowest BCUT2D eigenvalue weighted by Crippen LogP contribution is -1.83. The second-order valence-corrected chi connectivity index (χ2v) is 4.28. The zero-order chi connectivity index (χ0) is 10.9. The molecule has 0 fully saturated rings. The molecule has 1 rings (SSSR count). The Kier molecular flexibility index (Phi) is 6.22. The molecule has 0 radical (unpaired) electrons. The summed E-state index contributed by atoms with van der Waals surface area (Å²) in [5.74, 6) is 2.35. The predicted octanol–water partition coefficient (Wildman–Crippen LogP) is 4.75. The Balaban J connectivity index is 2.23. The van der Waals surface area contributed by atoms with Gasteiger partial charge in [0.1, 0.15) is 11.5 Å². The van der Waals surface area contributed by atoms with Crippen LogP contribution >= 0.6 is 0 Å². The summed E-state index contributed by atoms with van der Waals surface area (Å²) in [5, 5.41) is 0. The van der Waals surface area contributed by atoms with Crippen molar-refractivity contribution >= 4 is 0 Å². The van der Waals surface area contributed by atoms with E-state index >= 15 is 0 Å². The van der Waals surface area contributed by atoms with E-state index in [2.05, 4.69) is 26.0 Å². The molecule has 15 heavy (non-hydrogen) atoms. The number of furan rings is 1. The van der Waals surface area contributed by atoms with Crippen LogP contribution in [0.3, 0.4) is 0 Å². The monoisotopic (exact) mass is 208 g/mol. The maximum Gasteiger partial charge on any atom is 0.104 e. The molecule has 0 saturated heterocycles. The van der Waals surface area contributed by atoms with Gasteiger partial charge in [0.15, 0.2) is 0 Å². The van der Waals surface area contributed by atoms with Gasteiger partial charge in [0.25, 0.3) is 0 Å². The Bertz CT molecular complexity index is 225. The summed E-state index contributed by atoms with van der Waals surface area (Å²) < 4.78 is 5.78. The fraction of sp³-hybridized carbons (Fsp3) is 0.714. The Hall–Kier alpha value is -0.720. The van der Waals surface area contributed by atoms with E-state index < -0.39 is 0 Å². The fourth-order valence-electron chi connectivity index (χ4n) is 1.79. The van der Waals surface area contributed by atoms with Crippen molar-refractivity contribution in [3.8, 4) is 0 Å². The lowest BCUT2D eigenvalue weighted by atomic mass is 10.2. The topological polar surface area (TPSA) is 13.1 Å². The highest BCUT2D eigenvalue weighted by Gasteiger charge is 2.01. The molecule has 0 N–H and O–H groups in total. The van der Waals surface area contributed by atoms with E-state index in [-0.39, 0.29) is 0 Å². The van der Waals surface area contributed by atoms with Gasteiger partial charge in [-0.3, -0.25) is 0 Å². The van der Waals surface area contributed by atoms with E-state index in [0.29, 0.717) is 0 Å². The highest BCUT2D eigenvalue weighted by Crippen LogP contribution is 2.14. The first-order valence-electron chi connectivity index (χ1n) is 6.44.